The predicted molar refractivity (Wildman–Crippen MR) is 137 cm³/mol. The number of methoxy groups -OCH3 is 1. The number of hydrogen-bond acceptors (Lipinski definition) is 7. The van der Waals surface area contributed by atoms with E-state index in [1.54, 1.807) is 22.9 Å². The first-order valence-electron chi connectivity index (χ1n) is 12.3. The highest BCUT2D eigenvalue weighted by Crippen LogP contribution is 2.32. The Bertz CT molecular complexity index is 1530. The molecule has 6 rings (SSSR count). The average Bonchev–Trinajstić information content (AvgIpc) is 3.35. The van der Waals surface area contributed by atoms with E-state index in [1.165, 1.54) is 25.4 Å². The van der Waals surface area contributed by atoms with Crippen LogP contribution >= 0.6 is 0 Å². The van der Waals surface area contributed by atoms with Crippen LogP contribution in [0.25, 0.3) is 16.9 Å². The van der Waals surface area contributed by atoms with E-state index < -0.39 is 11.6 Å². The number of nitrogens with zero attached hydrogens (tertiary/aromatic N) is 4. The Kier molecular flexibility index (Phi) is 6.16. The number of nitrogens with one attached hydrogen (secondary N) is 2. The van der Waals surface area contributed by atoms with Crippen LogP contribution in [0.4, 0.5) is 20.3 Å². The van der Waals surface area contributed by atoms with Gasteiger partial charge in [0.2, 0.25) is 5.82 Å². The molecule has 2 unspecified atom stereocenters. The zero-order valence-corrected chi connectivity index (χ0v) is 20.9. The van der Waals surface area contributed by atoms with Gasteiger partial charge in [-0.05, 0) is 42.8 Å². The molecule has 0 saturated carbocycles. The highest BCUT2D eigenvalue weighted by Gasteiger charge is 2.34. The number of rotatable bonds is 5. The number of anilines is 2. The molecule has 0 aliphatic carbocycles. The number of aromatic nitrogens is 3. The Morgan fingerprint density at radius 2 is 1.92 bits per heavy atom. The van der Waals surface area contributed by atoms with Gasteiger partial charge in [0.1, 0.15) is 0 Å². The highest BCUT2D eigenvalue weighted by atomic mass is 19.2. The molecule has 0 spiro atoms. The van der Waals surface area contributed by atoms with Crippen LogP contribution in [0.2, 0.25) is 0 Å². The first kappa shape index (κ1) is 24.3. The monoisotopic (exact) mass is 520 g/mol. The first-order valence-corrected chi connectivity index (χ1v) is 12.3. The van der Waals surface area contributed by atoms with Crippen molar-refractivity contribution in [2.24, 2.45) is 0 Å². The lowest BCUT2D eigenvalue weighted by Gasteiger charge is -2.42. The van der Waals surface area contributed by atoms with Crippen molar-refractivity contribution in [2.75, 3.05) is 38.6 Å². The van der Waals surface area contributed by atoms with Crippen molar-refractivity contribution in [1.29, 1.82) is 0 Å². The quantitative estimate of drug-likeness (QED) is 0.416. The SMILES string of the molecule is COc1ccc(-c2cnc3c(Nc4ccc(C(=O)N5CC6CNCC(C5)O6)c(C)c4)nccn23)c(F)c1F. The van der Waals surface area contributed by atoms with Crippen LogP contribution in [0.5, 0.6) is 5.75 Å². The molecule has 11 heteroatoms. The summed E-state index contributed by atoms with van der Waals surface area (Å²) in [6.45, 7) is 4.51. The fraction of sp³-hybridized carbons (Fsp3) is 0.296. The summed E-state index contributed by atoms with van der Waals surface area (Å²) in [7, 11) is 1.28. The van der Waals surface area contributed by atoms with Crippen LogP contribution in [-0.4, -0.2) is 70.7 Å². The minimum Gasteiger partial charge on any atom is -0.494 e. The molecule has 2 saturated heterocycles. The van der Waals surface area contributed by atoms with E-state index in [0.717, 1.165) is 18.7 Å². The van der Waals surface area contributed by atoms with Crippen LogP contribution in [-0.2, 0) is 4.74 Å². The first-order chi connectivity index (χ1) is 18.4. The van der Waals surface area contributed by atoms with E-state index in [9.17, 15) is 13.6 Å². The van der Waals surface area contributed by atoms with E-state index in [1.807, 2.05) is 24.0 Å². The Balaban J connectivity index is 1.26. The number of halogens is 2. The molecular weight excluding hydrogens is 494 g/mol. The van der Waals surface area contributed by atoms with Crippen molar-refractivity contribution >= 4 is 23.1 Å². The normalized spacial score (nSPS) is 19.0. The van der Waals surface area contributed by atoms with Gasteiger partial charge in [-0.25, -0.2) is 14.4 Å². The zero-order valence-electron chi connectivity index (χ0n) is 20.9. The molecule has 2 N–H and O–H groups in total. The second kappa shape index (κ2) is 9.66. The van der Waals surface area contributed by atoms with Gasteiger partial charge in [-0.2, -0.15) is 4.39 Å². The van der Waals surface area contributed by atoms with Crippen molar-refractivity contribution in [1.82, 2.24) is 24.6 Å². The van der Waals surface area contributed by atoms with Gasteiger partial charge < -0.3 is 25.0 Å². The van der Waals surface area contributed by atoms with E-state index in [-0.39, 0.29) is 29.4 Å². The van der Waals surface area contributed by atoms with Crippen LogP contribution in [0.3, 0.4) is 0 Å². The molecule has 2 aliphatic heterocycles. The van der Waals surface area contributed by atoms with E-state index in [4.69, 9.17) is 9.47 Å². The lowest BCUT2D eigenvalue weighted by atomic mass is 10.0. The zero-order chi connectivity index (χ0) is 26.4. The average molecular weight is 521 g/mol. The van der Waals surface area contributed by atoms with Gasteiger partial charge in [0, 0.05) is 55.4 Å². The number of carbonyl (C=O) groups is 1. The number of carbonyl (C=O) groups excluding carboxylic acids is 1. The Labute approximate surface area is 217 Å². The molecule has 4 heterocycles. The Morgan fingerprint density at radius 3 is 2.66 bits per heavy atom. The third-order valence-corrected chi connectivity index (χ3v) is 6.95. The van der Waals surface area contributed by atoms with Crippen molar-refractivity contribution in [3.8, 4) is 17.0 Å². The van der Waals surface area contributed by atoms with Crippen LogP contribution in [0.15, 0.2) is 48.9 Å². The molecule has 1 amide bonds. The Hall–Kier alpha value is -4.09. The maximum atomic E-state index is 14.8. The molecule has 2 aliphatic rings. The second-order valence-corrected chi connectivity index (χ2v) is 9.46. The van der Waals surface area contributed by atoms with E-state index in [2.05, 4.69) is 20.6 Å². The number of fused-ring (bicyclic) bond motifs is 3. The number of ether oxygens (including phenoxy) is 2. The number of benzene rings is 2. The number of aryl methyl sites for hydroxylation is 1. The number of imidazole rings is 1. The number of morpholine rings is 2. The van der Waals surface area contributed by atoms with E-state index >= 15 is 0 Å². The summed E-state index contributed by atoms with van der Waals surface area (Å²) < 4.78 is 41.5. The molecular formula is C27H26F2N6O3. The summed E-state index contributed by atoms with van der Waals surface area (Å²) in [5.41, 5.74) is 3.02. The summed E-state index contributed by atoms with van der Waals surface area (Å²) in [5, 5.41) is 6.58. The summed E-state index contributed by atoms with van der Waals surface area (Å²) in [6.07, 6.45) is 4.67. The molecule has 2 bridgehead atoms. The summed E-state index contributed by atoms with van der Waals surface area (Å²) in [5.74, 6) is -1.83. The topological polar surface area (TPSA) is 93.0 Å². The summed E-state index contributed by atoms with van der Waals surface area (Å²) in [4.78, 5) is 23.9. The standard InChI is InChI=1S/C27H26F2N6O3/c1-15-9-16(3-4-19(15)27(36)34-13-17-10-30-11-18(14-34)38-17)33-25-26-32-12-21(35(26)8-7-31-25)20-5-6-22(37-2)24(29)23(20)28/h3-9,12,17-18,30H,10-11,13-14H2,1-2H3,(H,31,33). The van der Waals surface area contributed by atoms with Crippen molar-refractivity contribution in [3.05, 3.63) is 71.7 Å². The largest absolute Gasteiger partial charge is 0.494 e. The fourth-order valence-electron chi connectivity index (χ4n) is 5.10. The lowest BCUT2D eigenvalue weighted by molar-refractivity contribution is -0.0930. The molecule has 196 valence electrons. The number of hydrogen-bond donors (Lipinski definition) is 2. The van der Waals surface area contributed by atoms with Gasteiger partial charge in [-0.1, -0.05) is 0 Å². The van der Waals surface area contributed by atoms with Crippen LogP contribution in [0.1, 0.15) is 15.9 Å². The molecule has 38 heavy (non-hydrogen) atoms. The van der Waals surface area contributed by atoms with Gasteiger partial charge in [-0.15, -0.1) is 0 Å². The van der Waals surface area contributed by atoms with E-state index in [0.29, 0.717) is 41.5 Å². The fourth-order valence-corrected chi connectivity index (χ4v) is 5.10. The highest BCUT2D eigenvalue weighted by molar-refractivity contribution is 5.96. The maximum Gasteiger partial charge on any atom is 0.254 e. The van der Waals surface area contributed by atoms with Gasteiger partial charge in [0.15, 0.2) is 23.0 Å². The second-order valence-electron chi connectivity index (χ2n) is 9.46. The van der Waals surface area contributed by atoms with Crippen molar-refractivity contribution in [2.45, 2.75) is 19.1 Å². The molecule has 9 nitrogen and oxygen atoms in total. The van der Waals surface area contributed by atoms with Gasteiger partial charge >= 0.3 is 0 Å². The smallest absolute Gasteiger partial charge is 0.254 e. The molecule has 2 aromatic carbocycles. The van der Waals surface area contributed by atoms with Gasteiger partial charge in [0.25, 0.3) is 5.91 Å². The Morgan fingerprint density at radius 1 is 1.13 bits per heavy atom. The van der Waals surface area contributed by atoms with Crippen molar-refractivity contribution < 1.29 is 23.0 Å². The summed E-state index contributed by atoms with van der Waals surface area (Å²) >= 11 is 0. The molecule has 2 fully saturated rings. The molecule has 2 atom stereocenters. The minimum absolute atomic E-state index is 0.0128. The number of amides is 1. The predicted octanol–water partition coefficient (Wildman–Crippen LogP) is 3.55. The van der Waals surface area contributed by atoms with Crippen molar-refractivity contribution in [3.63, 3.8) is 0 Å². The molecule has 4 aromatic rings. The van der Waals surface area contributed by atoms with Crippen LogP contribution < -0.4 is 15.4 Å². The van der Waals surface area contributed by atoms with Crippen LogP contribution in [0, 0.1) is 18.6 Å². The molecule has 0 radical (unpaired) electrons. The van der Waals surface area contributed by atoms with Gasteiger partial charge in [-0.3, -0.25) is 9.20 Å². The van der Waals surface area contributed by atoms with Gasteiger partial charge in [0.05, 0.1) is 31.2 Å². The third-order valence-electron chi connectivity index (χ3n) is 6.95. The lowest BCUT2D eigenvalue weighted by Crippen LogP contribution is -2.59. The third kappa shape index (κ3) is 4.23. The maximum absolute atomic E-state index is 14.8. The summed E-state index contributed by atoms with van der Waals surface area (Å²) in [6, 6.07) is 8.32. The molecule has 2 aromatic heterocycles. The minimum atomic E-state index is -1.06.